The molecule has 0 saturated carbocycles. The Balaban J connectivity index is 2.98. The lowest BCUT2D eigenvalue weighted by Crippen LogP contribution is -1.99. The van der Waals surface area contributed by atoms with Crippen LogP contribution >= 0.6 is 15.9 Å². The highest BCUT2D eigenvalue weighted by Crippen LogP contribution is 2.23. The average Bonchev–Trinajstić information content (AvgIpc) is 2.28. The van der Waals surface area contributed by atoms with Crippen molar-refractivity contribution in [3.63, 3.8) is 0 Å². The molecule has 92 valence electrons. The third-order valence-electron chi connectivity index (χ3n) is 2.55. The van der Waals surface area contributed by atoms with Gasteiger partial charge in [-0.2, -0.15) is 0 Å². The Bertz CT molecular complexity index is 432. The molecule has 1 rings (SSSR count). The summed E-state index contributed by atoms with van der Waals surface area (Å²) in [6.07, 6.45) is 3.63. The quantitative estimate of drug-likeness (QED) is 0.347. The highest BCUT2D eigenvalue weighted by Gasteiger charge is 2.15. The van der Waals surface area contributed by atoms with Crippen molar-refractivity contribution in [2.24, 2.45) is 0 Å². The van der Waals surface area contributed by atoms with E-state index in [2.05, 4.69) is 22.9 Å². The molecular weight excluding hydrogens is 286 g/mol. The summed E-state index contributed by atoms with van der Waals surface area (Å²) < 4.78 is -0.246. The fraction of sp³-hybridized carbons (Fsp3) is 0.417. The van der Waals surface area contributed by atoms with Gasteiger partial charge in [0.05, 0.1) is 4.92 Å². The number of unbranched alkanes of at least 4 members (excludes halogenated alkanes) is 2. The Morgan fingerprint density at radius 3 is 2.65 bits per heavy atom. The molecule has 0 bridgehead atoms. The van der Waals surface area contributed by atoms with Gasteiger partial charge in [0.2, 0.25) is 4.69 Å². The molecule has 0 saturated heterocycles. The first kappa shape index (κ1) is 13.8. The Morgan fingerprint density at radius 1 is 1.41 bits per heavy atom. The summed E-state index contributed by atoms with van der Waals surface area (Å²) in [5, 5.41) is 10.8. The van der Waals surface area contributed by atoms with Crippen LogP contribution in [-0.2, 0) is 6.42 Å². The van der Waals surface area contributed by atoms with Crippen molar-refractivity contribution in [1.82, 2.24) is 0 Å². The van der Waals surface area contributed by atoms with E-state index in [1.54, 1.807) is 6.07 Å². The van der Waals surface area contributed by atoms with Gasteiger partial charge in [0.15, 0.2) is 0 Å². The molecule has 1 aromatic rings. The predicted octanol–water partition coefficient (Wildman–Crippen LogP) is 3.86. The molecule has 0 aromatic heterocycles. The maximum atomic E-state index is 11.2. The average molecular weight is 300 g/mol. The van der Waals surface area contributed by atoms with E-state index < -0.39 is 4.92 Å². The van der Waals surface area contributed by atoms with E-state index in [9.17, 15) is 14.9 Å². The number of carbonyl (C=O) groups excluding carboxylic acids is 1. The van der Waals surface area contributed by atoms with Crippen LogP contribution in [0.15, 0.2) is 18.2 Å². The van der Waals surface area contributed by atoms with Crippen molar-refractivity contribution in [1.29, 1.82) is 0 Å². The van der Waals surface area contributed by atoms with Crippen molar-refractivity contribution in [3.8, 4) is 0 Å². The van der Waals surface area contributed by atoms with Crippen molar-refractivity contribution < 1.29 is 9.72 Å². The maximum Gasteiger partial charge on any atom is 0.272 e. The third-order valence-corrected chi connectivity index (χ3v) is 3.01. The zero-order valence-corrected chi connectivity index (χ0v) is 11.2. The third kappa shape index (κ3) is 3.93. The van der Waals surface area contributed by atoms with E-state index >= 15 is 0 Å². The number of halogens is 1. The Kier molecular flexibility index (Phi) is 5.28. The second kappa shape index (κ2) is 6.49. The normalized spacial score (nSPS) is 10.2. The van der Waals surface area contributed by atoms with Gasteiger partial charge < -0.3 is 0 Å². The van der Waals surface area contributed by atoms with Crippen LogP contribution in [0.4, 0.5) is 5.69 Å². The lowest BCUT2D eigenvalue weighted by Gasteiger charge is -2.04. The van der Waals surface area contributed by atoms with E-state index in [0.29, 0.717) is 17.5 Å². The van der Waals surface area contributed by atoms with Crippen LogP contribution in [0.5, 0.6) is 0 Å². The van der Waals surface area contributed by atoms with Crippen LogP contribution in [-0.4, -0.2) is 9.62 Å². The number of hydrogen-bond acceptors (Lipinski definition) is 3. The van der Waals surface area contributed by atoms with Crippen molar-refractivity contribution in [2.75, 3.05) is 0 Å². The molecule has 0 fully saturated rings. The topological polar surface area (TPSA) is 60.2 Å². The van der Waals surface area contributed by atoms with Gasteiger partial charge in [-0.3, -0.25) is 14.9 Å². The molecule has 5 heteroatoms. The van der Waals surface area contributed by atoms with E-state index in [-0.39, 0.29) is 10.4 Å². The van der Waals surface area contributed by atoms with Gasteiger partial charge in [0.1, 0.15) is 0 Å². The first-order chi connectivity index (χ1) is 8.06. The summed E-state index contributed by atoms with van der Waals surface area (Å²) in [5.41, 5.74) is 1.19. The van der Waals surface area contributed by atoms with Crippen molar-refractivity contribution in [3.05, 3.63) is 39.4 Å². The van der Waals surface area contributed by atoms with E-state index in [1.165, 1.54) is 12.1 Å². The number of nitro groups is 1. The molecule has 0 atom stereocenters. The fourth-order valence-corrected chi connectivity index (χ4v) is 1.90. The first-order valence-corrected chi connectivity index (χ1v) is 6.32. The Labute approximate surface area is 108 Å². The van der Waals surface area contributed by atoms with Gasteiger partial charge in [-0.05, 0) is 40.9 Å². The summed E-state index contributed by atoms with van der Waals surface area (Å²) >= 11 is 2.85. The molecule has 0 aliphatic heterocycles. The molecule has 17 heavy (non-hydrogen) atoms. The van der Waals surface area contributed by atoms with E-state index in [1.807, 2.05) is 0 Å². The highest BCUT2D eigenvalue weighted by molar-refractivity contribution is 9.18. The lowest BCUT2D eigenvalue weighted by atomic mass is 10.0. The minimum Gasteiger partial charge on any atom is -0.281 e. The molecule has 0 aliphatic carbocycles. The highest BCUT2D eigenvalue weighted by atomic mass is 79.9. The van der Waals surface area contributed by atoms with Crippen LogP contribution in [0.1, 0.15) is 42.1 Å². The molecule has 0 spiro atoms. The molecule has 0 aliphatic rings. The van der Waals surface area contributed by atoms with Crippen molar-refractivity contribution >= 4 is 26.3 Å². The number of nitrogens with zero attached hydrogens (tertiary/aromatic N) is 1. The summed E-state index contributed by atoms with van der Waals surface area (Å²) in [4.78, 5) is 21.6. The van der Waals surface area contributed by atoms with E-state index in [0.717, 1.165) is 19.3 Å². The van der Waals surface area contributed by atoms with Gasteiger partial charge in [-0.15, -0.1) is 0 Å². The predicted molar refractivity (Wildman–Crippen MR) is 69.6 cm³/mol. The molecular formula is C12H14BrNO3. The van der Waals surface area contributed by atoms with Gasteiger partial charge in [0.25, 0.3) is 5.69 Å². The number of nitro benzene ring substituents is 1. The van der Waals surface area contributed by atoms with Crippen LogP contribution in [0.25, 0.3) is 0 Å². The van der Waals surface area contributed by atoms with Gasteiger partial charge >= 0.3 is 0 Å². The number of carbonyl (C=O) groups is 1. The number of hydrogen-bond donors (Lipinski definition) is 0. The molecule has 0 N–H and O–H groups in total. The maximum absolute atomic E-state index is 11.2. The summed E-state index contributed by atoms with van der Waals surface area (Å²) in [5.74, 6) is 0. The van der Waals surface area contributed by atoms with Gasteiger partial charge in [0, 0.05) is 17.2 Å². The van der Waals surface area contributed by atoms with Crippen LogP contribution < -0.4 is 0 Å². The standard InChI is InChI=1S/C12H14BrNO3/c1-2-3-4-5-9-8-10(12(13)15)6-7-11(9)14(16)17/h6-8H,2-5H2,1H3. The molecule has 1 aromatic carbocycles. The monoisotopic (exact) mass is 299 g/mol. The summed E-state index contributed by atoms with van der Waals surface area (Å²) in [6, 6.07) is 4.47. The minimum absolute atomic E-state index is 0.0959. The first-order valence-electron chi connectivity index (χ1n) is 5.53. The zero-order chi connectivity index (χ0) is 12.8. The minimum atomic E-state index is -0.399. The smallest absolute Gasteiger partial charge is 0.272 e. The number of aryl methyl sites for hydroxylation is 1. The lowest BCUT2D eigenvalue weighted by molar-refractivity contribution is -0.385. The second-order valence-electron chi connectivity index (χ2n) is 3.83. The largest absolute Gasteiger partial charge is 0.281 e. The zero-order valence-electron chi connectivity index (χ0n) is 9.61. The van der Waals surface area contributed by atoms with Crippen LogP contribution in [0.3, 0.4) is 0 Å². The van der Waals surface area contributed by atoms with Crippen LogP contribution in [0, 0.1) is 10.1 Å². The van der Waals surface area contributed by atoms with Crippen LogP contribution in [0.2, 0.25) is 0 Å². The summed E-state index contributed by atoms with van der Waals surface area (Å²) in [6.45, 7) is 2.08. The molecule has 0 amide bonds. The second-order valence-corrected chi connectivity index (χ2v) is 4.55. The molecule has 4 nitrogen and oxygen atoms in total. The van der Waals surface area contributed by atoms with E-state index in [4.69, 9.17) is 0 Å². The van der Waals surface area contributed by atoms with Gasteiger partial charge in [-0.25, -0.2) is 0 Å². The Hall–Kier alpha value is -1.23. The van der Waals surface area contributed by atoms with Crippen molar-refractivity contribution in [2.45, 2.75) is 32.6 Å². The Morgan fingerprint density at radius 2 is 2.12 bits per heavy atom. The molecule has 0 unspecified atom stereocenters. The number of rotatable bonds is 6. The van der Waals surface area contributed by atoms with Gasteiger partial charge in [-0.1, -0.05) is 19.8 Å². The number of benzene rings is 1. The SMILES string of the molecule is CCCCCc1cc(C(=O)Br)ccc1[N+](=O)[O-]. The summed E-state index contributed by atoms with van der Waals surface area (Å²) in [7, 11) is 0. The molecule has 0 heterocycles. The fourth-order valence-electron chi connectivity index (χ4n) is 1.65. The molecule has 0 radical (unpaired) electrons.